The van der Waals surface area contributed by atoms with Crippen molar-refractivity contribution in [3.63, 3.8) is 0 Å². The Morgan fingerprint density at radius 1 is 1.19 bits per heavy atom. The van der Waals surface area contributed by atoms with Gasteiger partial charge in [0.25, 0.3) is 11.8 Å². The van der Waals surface area contributed by atoms with Crippen LogP contribution < -0.4 is 15.0 Å². The van der Waals surface area contributed by atoms with Gasteiger partial charge in [0.1, 0.15) is 12.4 Å². The fraction of sp³-hybridized carbons (Fsp3) is 0.263. The van der Waals surface area contributed by atoms with E-state index in [1.807, 2.05) is 18.2 Å². The van der Waals surface area contributed by atoms with Gasteiger partial charge in [0.15, 0.2) is 6.61 Å². The summed E-state index contributed by atoms with van der Waals surface area (Å²) in [7, 11) is 0. The lowest BCUT2D eigenvalue weighted by Gasteiger charge is -2.32. The van der Waals surface area contributed by atoms with Crippen LogP contribution >= 0.6 is 11.6 Å². The van der Waals surface area contributed by atoms with Crippen molar-refractivity contribution in [3.05, 3.63) is 59.6 Å². The molecule has 1 saturated heterocycles. The number of morpholine rings is 1. The van der Waals surface area contributed by atoms with Crippen LogP contribution in [-0.2, 0) is 14.3 Å². The molecule has 1 fully saturated rings. The van der Waals surface area contributed by atoms with Gasteiger partial charge in [-0.15, -0.1) is 0 Å². The van der Waals surface area contributed by atoms with Crippen LogP contribution in [0.4, 0.5) is 5.69 Å². The molecule has 0 saturated carbocycles. The van der Waals surface area contributed by atoms with E-state index in [0.717, 1.165) is 5.69 Å². The SMILES string of the molecule is O=C(COc1ccccc1)NCC1CN(c2ccc(Cl)cc2)C(=O)CO1. The van der Waals surface area contributed by atoms with E-state index < -0.39 is 0 Å². The molecule has 1 atom stereocenters. The number of nitrogens with one attached hydrogen (secondary N) is 1. The van der Waals surface area contributed by atoms with Crippen molar-refractivity contribution in [1.29, 1.82) is 0 Å². The molecule has 0 bridgehead atoms. The number of anilines is 1. The fourth-order valence-corrected chi connectivity index (χ4v) is 2.69. The second kappa shape index (κ2) is 8.69. The molecule has 0 spiro atoms. The van der Waals surface area contributed by atoms with Crippen LogP contribution in [0.2, 0.25) is 5.02 Å². The van der Waals surface area contributed by atoms with E-state index in [4.69, 9.17) is 21.1 Å². The van der Waals surface area contributed by atoms with Gasteiger partial charge in [-0.25, -0.2) is 0 Å². The van der Waals surface area contributed by atoms with Gasteiger partial charge in [-0.2, -0.15) is 0 Å². The van der Waals surface area contributed by atoms with Crippen molar-refractivity contribution >= 4 is 29.1 Å². The summed E-state index contributed by atoms with van der Waals surface area (Å²) in [5.74, 6) is 0.269. The number of carbonyl (C=O) groups is 2. The summed E-state index contributed by atoms with van der Waals surface area (Å²) in [6, 6.07) is 16.2. The minimum absolute atomic E-state index is 0.0241. The molecule has 1 heterocycles. The first-order valence-corrected chi connectivity index (χ1v) is 8.62. The maximum absolute atomic E-state index is 12.1. The van der Waals surface area contributed by atoms with Gasteiger partial charge in [0, 0.05) is 17.3 Å². The zero-order chi connectivity index (χ0) is 18.4. The van der Waals surface area contributed by atoms with Crippen LogP contribution in [0.3, 0.4) is 0 Å². The lowest BCUT2D eigenvalue weighted by molar-refractivity contribution is -0.130. The molecule has 7 heteroatoms. The minimum atomic E-state index is -0.288. The molecule has 2 aromatic carbocycles. The minimum Gasteiger partial charge on any atom is -0.484 e. The Morgan fingerprint density at radius 2 is 1.92 bits per heavy atom. The number of halogens is 1. The molecule has 2 amide bonds. The summed E-state index contributed by atoms with van der Waals surface area (Å²) < 4.78 is 10.9. The highest BCUT2D eigenvalue weighted by atomic mass is 35.5. The summed E-state index contributed by atoms with van der Waals surface area (Å²) in [6.07, 6.45) is -0.288. The largest absolute Gasteiger partial charge is 0.484 e. The van der Waals surface area contributed by atoms with E-state index in [9.17, 15) is 9.59 Å². The first-order chi connectivity index (χ1) is 12.6. The van der Waals surface area contributed by atoms with E-state index in [1.165, 1.54) is 0 Å². The first-order valence-electron chi connectivity index (χ1n) is 8.24. The molecule has 26 heavy (non-hydrogen) atoms. The van der Waals surface area contributed by atoms with Crippen LogP contribution in [0.5, 0.6) is 5.75 Å². The Labute approximate surface area is 156 Å². The molecule has 1 N–H and O–H groups in total. The number of carbonyl (C=O) groups excluding carboxylic acids is 2. The molecular formula is C19H19ClN2O4. The maximum Gasteiger partial charge on any atom is 0.258 e. The topological polar surface area (TPSA) is 67.9 Å². The third kappa shape index (κ3) is 4.97. The van der Waals surface area contributed by atoms with Crippen molar-refractivity contribution in [1.82, 2.24) is 5.32 Å². The van der Waals surface area contributed by atoms with Gasteiger partial charge in [0.05, 0.1) is 12.6 Å². The molecular weight excluding hydrogens is 356 g/mol. The second-order valence-corrected chi connectivity index (χ2v) is 6.26. The zero-order valence-electron chi connectivity index (χ0n) is 14.1. The smallest absolute Gasteiger partial charge is 0.258 e. The average molecular weight is 375 g/mol. The molecule has 0 aromatic heterocycles. The summed E-state index contributed by atoms with van der Waals surface area (Å²) in [4.78, 5) is 25.6. The van der Waals surface area contributed by atoms with E-state index in [0.29, 0.717) is 23.9 Å². The number of para-hydroxylation sites is 1. The Bertz CT molecular complexity index is 752. The molecule has 136 valence electrons. The highest BCUT2D eigenvalue weighted by molar-refractivity contribution is 6.30. The molecule has 6 nitrogen and oxygen atoms in total. The van der Waals surface area contributed by atoms with Crippen LogP contribution in [-0.4, -0.2) is 44.2 Å². The van der Waals surface area contributed by atoms with Crippen molar-refractivity contribution in [2.45, 2.75) is 6.10 Å². The molecule has 3 rings (SSSR count). The highest BCUT2D eigenvalue weighted by Gasteiger charge is 2.27. The van der Waals surface area contributed by atoms with Crippen molar-refractivity contribution in [3.8, 4) is 5.75 Å². The number of nitrogens with zero attached hydrogens (tertiary/aromatic N) is 1. The highest BCUT2D eigenvalue weighted by Crippen LogP contribution is 2.21. The van der Waals surface area contributed by atoms with Crippen molar-refractivity contribution < 1.29 is 19.1 Å². The molecule has 0 aliphatic carbocycles. The van der Waals surface area contributed by atoms with Gasteiger partial charge in [-0.05, 0) is 36.4 Å². The summed E-state index contributed by atoms with van der Waals surface area (Å²) in [5.41, 5.74) is 0.756. The van der Waals surface area contributed by atoms with E-state index in [-0.39, 0.29) is 31.1 Å². The van der Waals surface area contributed by atoms with Gasteiger partial charge in [0.2, 0.25) is 0 Å². The predicted molar refractivity (Wildman–Crippen MR) is 98.5 cm³/mol. The molecule has 1 aliphatic rings. The van der Waals surface area contributed by atoms with E-state index in [1.54, 1.807) is 41.3 Å². The summed E-state index contributed by atoms with van der Waals surface area (Å²) in [5, 5.41) is 3.38. The third-order valence-electron chi connectivity index (χ3n) is 3.91. The summed E-state index contributed by atoms with van der Waals surface area (Å²) >= 11 is 5.89. The average Bonchev–Trinajstić information content (AvgIpc) is 2.67. The van der Waals surface area contributed by atoms with Crippen LogP contribution in [0, 0.1) is 0 Å². The fourth-order valence-electron chi connectivity index (χ4n) is 2.56. The Balaban J connectivity index is 1.48. The summed E-state index contributed by atoms with van der Waals surface area (Å²) in [6.45, 7) is 0.564. The number of amides is 2. The van der Waals surface area contributed by atoms with Crippen LogP contribution in [0.15, 0.2) is 54.6 Å². The first kappa shape index (κ1) is 18.2. The van der Waals surface area contributed by atoms with Gasteiger partial charge in [-0.3, -0.25) is 9.59 Å². The Morgan fingerprint density at radius 3 is 2.65 bits per heavy atom. The van der Waals surface area contributed by atoms with Crippen LogP contribution in [0.25, 0.3) is 0 Å². The molecule has 2 aromatic rings. The number of benzene rings is 2. The molecule has 1 unspecified atom stereocenters. The maximum atomic E-state index is 12.1. The predicted octanol–water partition coefficient (Wildman–Crippen LogP) is 2.27. The van der Waals surface area contributed by atoms with E-state index in [2.05, 4.69) is 5.32 Å². The molecule has 0 radical (unpaired) electrons. The zero-order valence-corrected chi connectivity index (χ0v) is 14.8. The second-order valence-electron chi connectivity index (χ2n) is 5.82. The number of hydrogen-bond donors (Lipinski definition) is 1. The number of ether oxygens (including phenoxy) is 2. The van der Waals surface area contributed by atoms with Crippen molar-refractivity contribution in [2.75, 3.05) is 31.2 Å². The van der Waals surface area contributed by atoms with Crippen molar-refractivity contribution in [2.24, 2.45) is 0 Å². The molecule has 1 aliphatic heterocycles. The van der Waals surface area contributed by atoms with Gasteiger partial charge < -0.3 is 19.7 Å². The van der Waals surface area contributed by atoms with E-state index >= 15 is 0 Å². The number of rotatable bonds is 6. The van der Waals surface area contributed by atoms with Gasteiger partial charge in [-0.1, -0.05) is 29.8 Å². The number of hydrogen-bond acceptors (Lipinski definition) is 4. The lowest BCUT2D eigenvalue weighted by Crippen LogP contribution is -2.51. The standard InChI is InChI=1S/C19H19ClN2O4/c20-14-6-8-15(9-7-14)22-11-17(26-13-19(22)24)10-21-18(23)12-25-16-4-2-1-3-5-16/h1-9,17H,10-13H2,(H,21,23). The normalized spacial score (nSPS) is 17.0. The lowest BCUT2D eigenvalue weighted by atomic mass is 10.2. The monoisotopic (exact) mass is 374 g/mol. The quantitative estimate of drug-likeness (QED) is 0.842. The Hall–Kier alpha value is -2.57. The third-order valence-corrected chi connectivity index (χ3v) is 4.16. The van der Waals surface area contributed by atoms with Gasteiger partial charge >= 0.3 is 0 Å². The Kier molecular flexibility index (Phi) is 6.09. The van der Waals surface area contributed by atoms with Crippen LogP contribution in [0.1, 0.15) is 0 Å².